The molecule has 0 atom stereocenters. The predicted molar refractivity (Wildman–Crippen MR) is 123 cm³/mol. The van der Waals surface area contributed by atoms with Gasteiger partial charge in [0.1, 0.15) is 0 Å². The van der Waals surface area contributed by atoms with Crippen molar-refractivity contribution in [2.24, 2.45) is 7.05 Å². The summed E-state index contributed by atoms with van der Waals surface area (Å²) in [6, 6.07) is 31.2. The summed E-state index contributed by atoms with van der Waals surface area (Å²) in [5, 5.41) is 2.67. The molecule has 4 aromatic carbocycles. The lowest BCUT2D eigenvalue weighted by atomic mass is 9.82. The van der Waals surface area contributed by atoms with E-state index in [0.29, 0.717) is 0 Å². The second-order valence-electron chi connectivity index (χ2n) is 8.67. The first-order valence-corrected chi connectivity index (χ1v) is 10.3. The zero-order valence-electron chi connectivity index (χ0n) is 17.0. The molecule has 1 aliphatic carbocycles. The van der Waals surface area contributed by atoms with Crippen LogP contribution in [0.3, 0.4) is 0 Å². The van der Waals surface area contributed by atoms with E-state index in [4.69, 9.17) is 0 Å². The fourth-order valence-electron chi connectivity index (χ4n) is 5.41. The van der Waals surface area contributed by atoms with E-state index in [-0.39, 0.29) is 5.41 Å². The molecule has 0 aliphatic heterocycles. The minimum absolute atomic E-state index is 0.0224. The molecule has 29 heavy (non-hydrogen) atoms. The molecule has 1 aliphatic rings. The summed E-state index contributed by atoms with van der Waals surface area (Å²) in [5.41, 5.74) is 10.9. The largest absolute Gasteiger partial charge is 0.344 e. The number of hydrogen-bond acceptors (Lipinski definition) is 0. The molecule has 6 rings (SSSR count). The lowest BCUT2D eigenvalue weighted by molar-refractivity contribution is 0.660. The highest BCUT2D eigenvalue weighted by Gasteiger charge is 2.36. The van der Waals surface area contributed by atoms with Crippen molar-refractivity contribution in [3.8, 4) is 22.3 Å². The number of nitrogens with zero attached hydrogens (tertiary/aromatic N) is 1. The molecule has 0 radical (unpaired) electrons. The molecule has 0 spiro atoms. The molecule has 0 amide bonds. The number of aromatic nitrogens is 1. The first-order valence-electron chi connectivity index (χ1n) is 10.3. The molecular formula is C28H23N. The summed E-state index contributed by atoms with van der Waals surface area (Å²) in [6.45, 7) is 4.69. The maximum absolute atomic E-state index is 2.35. The minimum atomic E-state index is 0.0224. The van der Waals surface area contributed by atoms with Crippen molar-refractivity contribution in [1.29, 1.82) is 0 Å². The minimum Gasteiger partial charge on any atom is -0.344 e. The van der Waals surface area contributed by atoms with Crippen LogP contribution in [0.15, 0.2) is 84.9 Å². The average Bonchev–Trinajstić information content (AvgIpc) is 3.18. The van der Waals surface area contributed by atoms with Gasteiger partial charge >= 0.3 is 0 Å². The Morgan fingerprint density at radius 2 is 1.21 bits per heavy atom. The van der Waals surface area contributed by atoms with Crippen molar-refractivity contribution in [2.45, 2.75) is 19.3 Å². The van der Waals surface area contributed by atoms with Gasteiger partial charge in [0, 0.05) is 34.3 Å². The van der Waals surface area contributed by atoms with Crippen molar-refractivity contribution in [3.63, 3.8) is 0 Å². The Hall–Kier alpha value is -3.32. The Morgan fingerprint density at radius 3 is 2.10 bits per heavy atom. The molecule has 0 unspecified atom stereocenters. The third-order valence-electron chi connectivity index (χ3n) is 6.84. The standard InChI is InChI=1S/C28H23N/c1-28(2)22-14-6-4-10-20(22)26-18(12-8-15-23(26)28)19-13-9-17-25-27(19)21-11-5-7-16-24(21)29(25)3/h4-17H,1-3H3. The van der Waals surface area contributed by atoms with E-state index >= 15 is 0 Å². The van der Waals surface area contributed by atoms with Gasteiger partial charge in [0.05, 0.1) is 0 Å². The third-order valence-corrected chi connectivity index (χ3v) is 6.84. The Balaban J connectivity index is 1.77. The molecule has 0 fully saturated rings. The molecule has 0 bridgehead atoms. The lowest BCUT2D eigenvalue weighted by Crippen LogP contribution is -2.14. The highest BCUT2D eigenvalue weighted by molar-refractivity contribution is 6.16. The maximum atomic E-state index is 2.35. The molecule has 1 aromatic heterocycles. The van der Waals surface area contributed by atoms with Crippen LogP contribution in [-0.2, 0) is 12.5 Å². The Kier molecular flexibility index (Phi) is 3.21. The van der Waals surface area contributed by atoms with Crippen LogP contribution < -0.4 is 0 Å². The zero-order valence-corrected chi connectivity index (χ0v) is 17.0. The van der Waals surface area contributed by atoms with Gasteiger partial charge in [-0.25, -0.2) is 0 Å². The molecule has 0 saturated heterocycles. The number of aryl methyl sites for hydroxylation is 1. The monoisotopic (exact) mass is 373 g/mol. The van der Waals surface area contributed by atoms with E-state index in [1.165, 1.54) is 55.2 Å². The van der Waals surface area contributed by atoms with Crippen LogP contribution >= 0.6 is 0 Å². The highest BCUT2D eigenvalue weighted by atomic mass is 14.9. The van der Waals surface area contributed by atoms with Crippen LogP contribution in [0.4, 0.5) is 0 Å². The summed E-state index contributed by atoms with van der Waals surface area (Å²) in [4.78, 5) is 0. The summed E-state index contributed by atoms with van der Waals surface area (Å²) in [5.74, 6) is 0. The van der Waals surface area contributed by atoms with Crippen LogP contribution in [0.1, 0.15) is 25.0 Å². The van der Waals surface area contributed by atoms with E-state index in [9.17, 15) is 0 Å². The van der Waals surface area contributed by atoms with Gasteiger partial charge in [0.2, 0.25) is 0 Å². The molecule has 0 N–H and O–H groups in total. The van der Waals surface area contributed by atoms with Gasteiger partial charge in [0.15, 0.2) is 0 Å². The normalized spacial score (nSPS) is 14.3. The van der Waals surface area contributed by atoms with Crippen molar-refractivity contribution in [2.75, 3.05) is 0 Å². The maximum Gasteiger partial charge on any atom is 0.0495 e. The molecule has 1 heterocycles. The lowest BCUT2D eigenvalue weighted by Gasteiger charge is -2.21. The van der Waals surface area contributed by atoms with E-state index in [1.807, 2.05) is 0 Å². The van der Waals surface area contributed by atoms with E-state index in [2.05, 4.69) is 110 Å². The van der Waals surface area contributed by atoms with Crippen LogP contribution in [0.25, 0.3) is 44.1 Å². The highest BCUT2D eigenvalue weighted by Crippen LogP contribution is 2.52. The van der Waals surface area contributed by atoms with Gasteiger partial charge in [-0.2, -0.15) is 0 Å². The Bertz CT molecular complexity index is 1430. The molecule has 5 aromatic rings. The van der Waals surface area contributed by atoms with Gasteiger partial charge in [-0.3, -0.25) is 0 Å². The Morgan fingerprint density at radius 1 is 0.586 bits per heavy atom. The van der Waals surface area contributed by atoms with Crippen LogP contribution in [0, 0.1) is 0 Å². The zero-order chi connectivity index (χ0) is 19.8. The van der Waals surface area contributed by atoms with Crippen LogP contribution in [0.5, 0.6) is 0 Å². The second-order valence-corrected chi connectivity index (χ2v) is 8.67. The molecular weight excluding hydrogens is 350 g/mol. The third kappa shape index (κ3) is 2.05. The molecule has 0 saturated carbocycles. The van der Waals surface area contributed by atoms with E-state index < -0.39 is 0 Å². The fourth-order valence-corrected chi connectivity index (χ4v) is 5.41. The first-order chi connectivity index (χ1) is 14.1. The summed E-state index contributed by atoms with van der Waals surface area (Å²) in [6.07, 6.45) is 0. The first kappa shape index (κ1) is 16.6. The van der Waals surface area contributed by atoms with Gasteiger partial charge in [-0.15, -0.1) is 0 Å². The summed E-state index contributed by atoms with van der Waals surface area (Å²) in [7, 11) is 2.17. The average molecular weight is 373 g/mol. The smallest absolute Gasteiger partial charge is 0.0495 e. The van der Waals surface area contributed by atoms with Gasteiger partial charge in [-0.1, -0.05) is 86.6 Å². The Labute approximate surface area is 171 Å². The topological polar surface area (TPSA) is 4.93 Å². The van der Waals surface area contributed by atoms with Gasteiger partial charge < -0.3 is 4.57 Å². The number of rotatable bonds is 1. The fraction of sp³-hybridized carbons (Fsp3) is 0.143. The molecule has 140 valence electrons. The van der Waals surface area contributed by atoms with Crippen molar-refractivity contribution in [3.05, 3.63) is 96.1 Å². The number of hydrogen-bond donors (Lipinski definition) is 0. The molecule has 1 nitrogen and oxygen atoms in total. The number of para-hydroxylation sites is 1. The van der Waals surface area contributed by atoms with Crippen LogP contribution in [-0.4, -0.2) is 4.57 Å². The van der Waals surface area contributed by atoms with Gasteiger partial charge in [-0.05, 0) is 45.5 Å². The van der Waals surface area contributed by atoms with E-state index in [1.54, 1.807) is 0 Å². The van der Waals surface area contributed by atoms with Gasteiger partial charge in [0.25, 0.3) is 0 Å². The molecule has 1 heteroatoms. The second kappa shape index (κ2) is 5.61. The quantitative estimate of drug-likeness (QED) is 0.290. The van der Waals surface area contributed by atoms with Crippen molar-refractivity contribution in [1.82, 2.24) is 4.57 Å². The SMILES string of the molecule is Cn1c2ccccc2c2c(-c3cccc4c3-c3ccccc3C4(C)C)cccc21. The number of fused-ring (bicyclic) bond motifs is 6. The van der Waals surface area contributed by atoms with Crippen molar-refractivity contribution >= 4 is 21.8 Å². The van der Waals surface area contributed by atoms with Crippen molar-refractivity contribution < 1.29 is 0 Å². The summed E-state index contributed by atoms with van der Waals surface area (Å²) < 4.78 is 2.31. The number of benzene rings is 4. The predicted octanol–water partition coefficient (Wildman–Crippen LogP) is 7.30. The van der Waals surface area contributed by atoms with E-state index in [0.717, 1.165) is 0 Å². The summed E-state index contributed by atoms with van der Waals surface area (Å²) >= 11 is 0. The van der Waals surface area contributed by atoms with Crippen LogP contribution in [0.2, 0.25) is 0 Å².